The van der Waals surface area contributed by atoms with E-state index in [0.29, 0.717) is 13.0 Å². The molecule has 1 heterocycles. The first-order valence-corrected chi connectivity index (χ1v) is 8.68. The van der Waals surface area contributed by atoms with E-state index >= 15 is 0 Å². The average molecular weight is 335 g/mol. The number of rotatable bonds is 5. The van der Waals surface area contributed by atoms with E-state index < -0.39 is 23.8 Å². The van der Waals surface area contributed by atoms with Gasteiger partial charge in [-0.25, -0.2) is 4.79 Å². The van der Waals surface area contributed by atoms with Gasteiger partial charge in [-0.1, -0.05) is 30.3 Å². The maximum absolute atomic E-state index is 12.2. The van der Waals surface area contributed by atoms with Crippen LogP contribution in [0.15, 0.2) is 30.3 Å². The van der Waals surface area contributed by atoms with Gasteiger partial charge >= 0.3 is 6.09 Å². The van der Waals surface area contributed by atoms with Gasteiger partial charge in [-0.05, 0) is 52.0 Å². The normalized spacial score (nSPS) is 20.9. The van der Waals surface area contributed by atoms with Crippen LogP contribution in [-0.4, -0.2) is 41.7 Å². The van der Waals surface area contributed by atoms with E-state index in [4.69, 9.17) is 9.47 Å². The molecular weight excluding hydrogens is 306 g/mol. The van der Waals surface area contributed by atoms with Gasteiger partial charge in [0, 0.05) is 6.61 Å². The zero-order valence-corrected chi connectivity index (χ0v) is 14.8. The summed E-state index contributed by atoms with van der Waals surface area (Å²) < 4.78 is 11.0. The van der Waals surface area contributed by atoms with Gasteiger partial charge in [-0.3, -0.25) is 0 Å². The first kappa shape index (κ1) is 18.7. The standard InChI is InChI=1S/C19H29NO4/c1-19(2,3)24-18(22)20-15(13-14-9-5-4-6-10-14)17(21)16-11-7-8-12-23-16/h4-6,9-10,15-17,21H,7-8,11-13H2,1-3H3,(H,20,22). The van der Waals surface area contributed by atoms with E-state index in [9.17, 15) is 9.90 Å². The van der Waals surface area contributed by atoms with Crippen molar-refractivity contribution in [3.63, 3.8) is 0 Å². The molecule has 1 aromatic carbocycles. The van der Waals surface area contributed by atoms with E-state index in [0.717, 1.165) is 24.8 Å². The zero-order valence-electron chi connectivity index (χ0n) is 14.8. The summed E-state index contributed by atoms with van der Waals surface area (Å²) in [7, 11) is 0. The van der Waals surface area contributed by atoms with Gasteiger partial charge in [0.05, 0.1) is 12.1 Å². The van der Waals surface area contributed by atoms with Crippen LogP contribution in [0, 0.1) is 0 Å². The molecule has 1 fully saturated rings. The van der Waals surface area contributed by atoms with Gasteiger partial charge in [0.15, 0.2) is 0 Å². The van der Waals surface area contributed by atoms with Crippen molar-refractivity contribution in [1.29, 1.82) is 0 Å². The van der Waals surface area contributed by atoms with Crippen LogP contribution < -0.4 is 5.32 Å². The molecule has 0 radical (unpaired) electrons. The van der Waals surface area contributed by atoms with Crippen molar-refractivity contribution in [2.45, 2.75) is 70.3 Å². The number of carbonyl (C=O) groups is 1. The Morgan fingerprint density at radius 2 is 2.04 bits per heavy atom. The predicted molar refractivity (Wildman–Crippen MR) is 92.9 cm³/mol. The highest BCUT2D eigenvalue weighted by Crippen LogP contribution is 2.20. The molecule has 0 aliphatic carbocycles. The van der Waals surface area contributed by atoms with Crippen molar-refractivity contribution in [2.75, 3.05) is 6.61 Å². The van der Waals surface area contributed by atoms with Crippen molar-refractivity contribution in [1.82, 2.24) is 5.32 Å². The molecule has 0 bridgehead atoms. The van der Waals surface area contributed by atoms with Crippen molar-refractivity contribution in [2.24, 2.45) is 0 Å². The van der Waals surface area contributed by atoms with Gasteiger partial charge in [-0.15, -0.1) is 0 Å². The van der Waals surface area contributed by atoms with Crippen LogP contribution in [0.5, 0.6) is 0 Å². The van der Waals surface area contributed by atoms with Crippen LogP contribution >= 0.6 is 0 Å². The van der Waals surface area contributed by atoms with Crippen molar-refractivity contribution < 1.29 is 19.4 Å². The van der Waals surface area contributed by atoms with Gasteiger partial charge in [0.2, 0.25) is 0 Å². The van der Waals surface area contributed by atoms with E-state index in [2.05, 4.69) is 5.32 Å². The summed E-state index contributed by atoms with van der Waals surface area (Å²) in [5.74, 6) is 0. The quantitative estimate of drug-likeness (QED) is 0.868. The van der Waals surface area contributed by atoms with Crippen LogP contribution in [0.3, 0.4) is 0 Å². The molecule has 1 amide bonds. The Bertz CT molecular complexity index is 506. The highest BCUT2D eigenvalue weighted by atomic mass is 16.6. The molecule has 1 aromatic rings. The Morgan fingerprint density at radius 3 is 2.62 bits per heavy atom. The van der Waals surface area contributed by atoms with Gasteiger partial charge in [0.1, 0.15) is 11.7 Å². The molecule has 1 aliphatic rings. The number of nitrogens with one attached hydrogen (secondary N) is 1. The number of hydrogen-bond donors (Lipinski definition) is 2. The number of aliphatic hydroxyl groups is 1. The fourth-order valence-corrected chi connectivity index (χ4v) is 2.88. The molecule has 2 rings (SSSR count). The molecular formula is C19H29NO4. The lowest BCUT2D eigenvalue weighted by Gasteiger charge is -2.33. The minimum atomic E-state index is -0.766. The largest absolute Gasteiger partial charge is 0.444 e. The maximum Gasteiger partial charge on any atom is 0.407 e. The van der Waals surface area contributed by atoms with Crippen molar-refractivity contribution in [3.05, 3.63) is 35.9 Å². The second-order valence-corrected chi connectivity index (χ2v) is 7.34. The van der Waals surface area contributed by atoms with Crippen LogP contribution in [0.1, 0.15) is 45.6 Å². The van der Waals surface area contributed by atoms with E-state index in [1.807, 2.05) is 51.1 Å². The van der Waals surface area contributed by atoms with Gasteiger partial charge in [0.25, 0.3) is 0 Å². The smallest absolute Gasteiger partial charge is 0.407 e. The lowest BCUT2D eigenvalue weighted by atomic mass is 9.94. The number of hydrogen-bond acceptors (Lipinski definition) is 4. The summed E-state index contributed by atoms with van der Waals surface area (Å²) >= 11 is 0. The number of benzene rings is 1. The third-order valence-electron chi connectivity index (χ3n) is 4.01. The third-order valence-corrected chi connectivity index (χ3v) is 4.01. The lowest BCUT2D eigenvalue weighted by Crippen LogP contribution is -2.52. The van der Waals surface area contributed by atoms with Crippen LogP contribution in [0.4, 0.5) is 4.79 Å². The summed E-state index contributed by atoms with van der Waals surface area (Å²) in [4.78, 5) is 12.2. The van der Waals surface area contributed by atoms with Crippen LogP contribution in [0.2, 0.25) is 0 Å². The highest BCUT2D eigenvalue weighted by molar-refractivity contribution is 5.68. The molecule has 1 saturated heterocycles. The minimum Gasteiger partial charge on any atom is -0.444 e. The Morgan fingerprint density at radius 1 is 1.33 bits per heavy atom. The number of ether oxygens (including phenoxy) is 2. The Kier molecular flexibility index (Phi) is 6.63. The number of carbonyl (C=O) groups excluding carboxylic acids is 1. The molecule has 24 heavy (non-hydrogen) atoms. The molecule has 0 spiro atoms. The molecule has 134 valence electrons. The Labute approximate surface area is 144 Å². The van der Waals surface area contributed by atoms with Crippen molar-refractivity contribution >= 4 is 6.09 Å². The minimum absolute atomic E-state index is 0.248. The first-order chi connectivity index (χ1) is 11.3. The SMILES string of the molecule is CC(C)(C)OC(=O)NC(Cc1ccccc1)C(O)C1CCCCO1. The molecule has 5 nitrogen and oxygen atoms in total. The zero-order chi connectivity index (χ0) is 17.6. The highest BCUT2D eigenvalue weighted by Gasteiger charge is 2.32. The topological polar surface area (TPSA) is 67.8 Å². The fourth-order valence-electron chi connectivity index (χ4n) is 2.88. The molecule has 3 unspecified atom stereocenters. The average Bonchev–Trinajstić information content (AvgIpc) is 2.53. The van der Waals surface area contributed by atoms with Gasteiger partial charge in [-0.2, -0.15) is 0 Å². The summed E-state index contributed by atoms with van der Waals surface area (Å²) in [6.45, 7) is 6.12. The summed E-state index contributed by atoms with van der Waals surface area (Å²) in [5, 5.41) is 13.6. The summed E-state index contributed by atoms with van der Waals surface area (Å²) in [6, 6.07) is 9.36. The van der Waals surface area contributed by atoms with E-state index in [1.54, 1.807) is 0 Å². The Balaban J connectivity index is 2.06. The first-order valence-electron chi connectivity index (χ1n) is 8.68. The molecule has 3 atom stereocenters. The molecule has 1 aliphatic heterocycles. The number of amides is 1. The van der Waals surface area contributed by atoms with Crippen LogP contribution in [0.25, 0.3) is 0 Å². The van der Waals surface area contributed by atoms with E-state index in [-0.39, 0.29) is 6.10 Å². The Hall–Kier alpha value is -1.59. The monoisotopic (exact) mass is 335 g/mol. The lowest BCUT2D eigenvalue weighted by molar-refractivity contribution is -0.0747. The molecule has 5 heteroatoms. The van der Waals surface area contributed by atoms with Crippen molar-refractivity contribution in [3.8, 4) is 0 Å². The van der Waals surface area contributed by atoms with Gasteiger partial charge < -0.3 is 19.9 Å². The second kappa shape index (κ2) is 8.49. The maximum atomic E-state index is 12.2. The summed E-state index contributed by atoms with van der Waals surface area (Å²) in [6.07, 6.45) is 1.86. The predicted octanol–water partition coefficient (Wildman–Crippen LogP) is 3.05. The molecule has 0 saturated carbocycles. The molecule has 2 N–H and O–H groups in total. The summed E-state index contributed by atoms with van der Waals surface area (Å²) in [5.41, 5.74) is 0.474. The number of aliphatic hydroxyl groups excluding tert-OH is 1. The third kappa shape index (κ3) is 6.13. The fraction of sp³-hybridized carbons (Fsp3) is 0.632. The van der Waals surface area contributed by atoms with Crippen LogP contribution in [-0.2, 0) is 15.9 Å². The molecule has 0 aromatic heterocycles. The number of alkyl carbamates (subject to hydrolysis) is 1. The van der Waals surface area contributed by atoms with E-state index in [1.165, 1.54) is 0 Å². The second-order valence-electron chi connectivity index (χ2n) is 7.34.